The maximum atomic E-state index is 12.3. The quantitative estimate of drug-likeness (QED) is 0.601. The van der Waals surface area contributed by atoms with Gasteiger partial charge in [0.15, 0.2) is 0 Å². The van der Waals surface area contributed by atoms with Crippen molar-refractivity contribution < 1.29 is 28.9 Å². The molecule has 2 amide bonds. The first-order chi connectivity index (χ1) is 14.1. The van der Waals surface area contributed by atoms with Crippen LogP contribution in [0.15, 0.2) is 18.2 Å². The van der Waals surface area contributed by atoms with Crippen LogP contribution in [0.1, 0.15) is 37.2 Å². The van der Waals surface area contributed by atoms with E-state index in [0.717, 1.165) is 17.9 Å². The van der Waals surface area contributed by atoms with Crippen molar-refractivity contribution in [3.8, 4) is 5.75 Å². The Morgan fingerprint density at radius 2 is 2.10 bits per heavy atom. The average Bonchev–Trinajstić information content (AvgIpc) is 3.46. The highest BCUT2D eigenvalue weighted by atomic mass is 16.6. The van der Waals surface area contributed by atoms with Gasteiger partial charge >= 0.3 is 0 Å². The summed E-state index contributed by atoms with van der Waals surface area (Å²) in [5.41, 5.74) is 1.64. The topological polar surface area (TPSA) is 106 Å². The summed E-state index contributed by atoms with van der Waals surface area (Å²) in [6.45, 7) is 0.544. The number of benzene rings is 1. The van der Waals surface area contributed by atoms with Crippen molar-refractivity contribution in [1.29, 1.82) is 0 Å². The van der Waals surface area contributed by atoms with Crippen molar-refractivity contribution in [3.63, 3.8) is 0 Å². The molecule has 2 heterocycles. The number of aliphatic hydroxyl groups is 1. The zero-order valence-electron chi connectivity index (χ0n) is 16.6. The first-order valence-electron chi connectivity index (χ1n) is 10.2. The number of hydrogen-bond donors (Lipinski definition) is 3. The van der Waals surface area contributed by atoms with Crippen LogP contribution in [0.2, 0.25) is 0 Å². The lowest BCUT2D eigenvalue weighted by Crippen LogP contribution is -2.47. The molecule has 2 fully saturated rings. The number of hydrogen-bond acceptors (Lipinski definition) is 6. The third kappa shape index (κ3) is 4.71. The molecule has 0 bridgehead atoms. The molecule has 2 aliphatic heterocycles. The van der Waals surface area contributed by atoms with E-state index in [2.05, 4.69) is 10.6 Å². The van der Waals surface area contributed by atoms with E-state index >= 15 is 0 Å². The van der Waals surface area contributed by atoms with E-state index in [0.29, 0.717) is 18.0 Å². The monoisotopic (exact) mass is 404 g/mol. The highest BCUT2D eigenvalue weighted by Crippen LogP contribution is 2.47. The van der Waals surface area contributed by atoms with E-state index in [9.17, 15) is 14.7 Å². The molecule has 0 spiro atoms. The Hall–Kier alpha value is -2.16. The number of carbonyl (C=O) groups is 2. The molecule has 0 radical (unpaired) electrons. The van der Waals surface area contributed by atoms with Gasteiger partial charge in [-0.15, -0.1) is 0 Å². The van der Waals surface area contributed by atoms with Gasteiger partial charge in [0.05, 0.1) is 19.1 Å². The van der Waals surface area contributed by atoms with Gasteiger partial charge in [-0.25, -0.2) is 0 Å². The molecule has 29 heavy (non-hydrogen) atoms. The third-order valence-electron chi connectivity index (χ3n) is 5.76. The van der Waals surface area contributed by atoms with E-state index in [1.165, 1.54) is 20.0 Å². The number of methoxy groups -OCH3 is 1. The van der Waals surface area contributed by atoms with Crippen molar-refractivity contribution in [3.05, 3.63) is 23.8 Å². The summed E-state index contributed by atoms with van der Waals surface area (Å²) < 4.78 is 16.9. The number of aliphatic hydroxyl groups excluding tert-OH is 1. The highest BCUT2D eigenvalue weighted by molar-refractivity contribution is 5.91. The molecular weight excluding hydrogens is 376 g/mol. The van der Waals surface area contributed by atoms with E-state index in [4.69, 9.17) is 14.2 Å². The Bertz CT molecular complexity index is 766. The zero-order valence-corrected chi connectivity index (χ0v) is 16.6. The molecule has 1 saturated carbocycles. The van der Waals surface area contributed by atoms with Gasteiger partial charge in [0, 0.05) is 30.8 Å². The highest BCUT2D eigenvalue weighted by Gasteiger charge is 2.46. The van der Waals surface area contributed by atoms with Gasteiger partial charge in [-0.05, 0) is 43.4 Å². The fourth-order valence-electron chi connectivity index (χ4n) is 4.15. The maximum Gasteiger partial charge on any atom is 0.250 e. The maximum absolute atomic E-state index is 12.3. The number of ether oxygens (including phenoxy) is 3. The van der Waals surface area contributed by atoms with E-state index in [1.54, 1.807) is 6.07 Å². The summed E-state index contributed by atoms with van der Waals surface area (Å²) in [6.07, 6.45) is 2.20. The third-order valence-corrected chi connectivity index (χ3v) is 5.76. The predicted octanol–water partition coefficient (Wildman–Crippen LogP) is 1.18. The minimum atomic E-state index is -0.492. The van der Waals surface area contributed by atoms with Crippen LogP contribution in [0.3, 0.4) is 0 Å². The van der Waals surface area contributed by atoms with E-state index in [-0.39, 0.29) is 49.6 Å². The molecule has 158 valence electrons. The van der Waals surface area contributed by atoms with Gasteiger partial charge in [-0.1, -0.05) is 0 Å². The summed E-state index contributed by atoms with van der Waals surface area (Å²) >= 11 is 0. The Labute approximate surface area is 169 Å². The van der Waals surface area contributed by atoms with Gasteiger partial charge in [-0.3, -0.25) is 9.59 Å². The summed E-state index contributed by atoms with van der Waals surface area (Å²) in [5.74, 6) is 1.11. The SMILES string of the molecule is COCC(=O)Nc1ccc2c(c1)[C@H]1C[C@@H](CC(=O)NCC3CC3)O[C@@H](CO)[C@H]1O2. The average molecular weight is 404 g/mol. The molecule has 0 unspecified atom stereocenters. The number of amides is 2. The van der Waals surface area contributed by atoms with Crippen LogP contribution in [0.4, 0.5) is 5.69 Å². The van der Waals surface area contributed by atoms with E-state index in [1.807, 2.05) is 12.1 Å². The molecular formula is C21H28N2O6. The second kappa shape index (κ2) is 8.69. The van der Waals surface area contributed by atoms with Crippen LogP contribution >= 0.6 is 0 Å². The van der Waals surface area contributed by atoms with Gasteiger partial charge in [0.2, 0.25) is 11.8 Å². The lowest BCUT2D eigenvalue weighted by atomic mass is 9.84. The Morgan fingerprint density at radius 1 is 1.28 bits per heavy atom. The van der Waals surface area contributed by atoms with Gasteiger partial charge in [-0.2, -0.15) is 0 Å². The van der Waals surface area contributed by atoms with Crippen LogP contribution in [0.5, 0.6) is 5.75 Å². The lowest BCUT2D eigenvalue weighted by molar-refractivity contribution is -0.142. The Morgan fingerprint density at radius 3 is 2.83 bits per heavy atom. The molecule has 8 heteroatoms. The van der Waals surface area contributed by atoms with Crippen molar-refractivity contribution in [2.45, 2.75) is 49.9 Å². The normalized spacial score (nSPS) is 27.5. The molecule has 4 rings (SSSR count). The van der Waals surface area contributed by atoms with Gasteiger partial charge in [0.1, 0.15) is 24.6 Å². The van der Waals surface area contributed by atoms with Crippen LogP contribution < -0.4 is 15.4 Å². The molecule has 1 aliphatic carbocycles. The summed E-state index contributed by atoms with van der Waals surface area (Å²) in [5, 5.41) is 15.6. The van der Waals surface area contributed by atoms with E-state index < -0.39 is 6.10 Å². The fraction of sp³-hybridized carbons (Fsp3) is 0.619. The minimum absolute atomic E-state index is 0.00332. The number of carbonyl (C=O) groups excluding carboxylic acids is 2. The van der Waals surface area contributed by atoms with Crippen LogP contribution in [-0.2, 0) is 19.1 Å². The summed E-state index contributed by atoms with van der Waals surface area (Å²) in [7, 11) is 1.47. The molecule has 3 aliphatic rings. The standard InChI is InChI=1S/C21H28N2O6/c1-27-11-20(26)23-13-4-5-17-15(6-13)16-7-14(28-18(10-24)21(16)29-17)8-19(25)22-9-12-2-3-12/h4-6,12,14,16,18,21,24H,2-3,7-11H2,1H3,(H,22,25)(H,23,26)/t14-,16+,18-,21-/m0/s1. The number of fused-ring (bicyclic) bond motifs is 3. The second-order valence-electron chi connectivity index (χ2n) is 8.09. The second-order valence-corrected chi connectivity index (χ2v) is 8.09. The molecule has 3 N–H and O–H groups in total. The Balaban J connectivity index is 1.44. The molecule has 4 atom stereocenters. The molecule has 1 saturated heterocycles. The van der Waals surface area contributed by atoms with Crippen LogP contribution in [0, 0.1) is 5.92 Å². The number of nitrogens with one attached hydrogen (secondary N) is 2. The van der Waals surface area contributed by atoms with Gasteiger partial charge in [0.25, 0.3) is 0 Å². The van der Waals surface area contributed by atoms with Crippen molar-refractivity contribution in [2.75, 3.05) is 32.2 Å². The first kappa shape index (κ1) is 20.1. The molecule has 1 aromatic carbocycles. The number of anilines is 1. The largest absolute Gasteiger partial charge is 0.487 e. The fourth-order valence-corrected chi connectivity index (χ4v) is 4.15. The number of rotatable bonds is 8. The summed E-state index contributed by atoms with van der Waals surface area (Å²) in [6, 6.07) is 5.50. The molecule has 0 aromatic heterocycles. The van der Waals surface area contributed by atoms with Gasteiger partial charge < -0.3 is 30.0 Å². The zero-order chi connectivity index (χ0) is 20.4. The smallest absolute Gasteiger partial charge is 0.250 e. The van der Waals surface area contributed by atoms with Crippen LogP contribution in [-0.4, -0.2) is 62.1 Å². The first-order valence-corrected chi connectivity index (χ1v) is 10.2. The van der Waals surface area contributed by atoms with Crippen molar-refractivity contribution in [2.24, 2.45) is 5.92 Å². The Kier molecular flexibility index (Phi) is 6.03. The molecule has 1 aromatic rings. The lowest BCUT2D eigenvalue weighted by Gasteiger charge is -2.37. The summed E-state index contributed by atoms with van der Waals surface area (Å²) in [4.78, 5) is 24.1. The predicted molar refractivity (Wildman–Crippen MR) is 105 cm³/mol. The minimum Gasteiger partial charge on any atom is -0.487 e. The van der Waals surface area contributed by atoms with Crippen LogP contribution in [0.25, 0.3) is 0 Å². The molecule has 8 nitrogen and oxygen atoms in total. The van der Waals surface area contributed by atoms with Crippen molar-refractivity contribution >= 4 is 17.5 Å². The van der Waals surface area contributed by atoms with Crippen molar-refractivity contribution in [1.82, 2.24) is 5.32 Å².